The number of carbonyl (C=O) groups excluding carboxylic acids is 1. The van der Waals surface area contributed by atoms with Gasteiger partial charge in [-0.25, -0.2) is 8.78 Å². The zero-order chi connectivity index (χ0) is 12.3. The monoisotopic (exact) mass is 242 g/mol. The molecule has 0 N–H and O–H groups in total. The van der Waals surface area contributed by atoms with Gasteiger partial charge in [0.15, 0.2) is 5.78 Å². The zero-order valence-corrected chi connectivity index (χ0v) is 9.12. The first-order valence-corrected chi connectivity index (χ1v) is 5.33. The summed E-state index contributed by atoms with van der Waals surface area (Å²) in [6.45, 7) is 0.982. The Morgan fingerprint density at radius 1 is 1.35 bits per heavy atom. The van der Waals surface area contributed by atoms with Gasteiger partial charge in [-0.3, -0.25) is 4.79 Å². The third kappa shape index (κ3) is 3.08. The molecule has 1 aromatic rings. The molecule has 0 saturated carbocycles. The van der Waals surface area contributed by atoms with Crippen LogP contribution in [0.15, 0.2) is 18.2 Å². The van der Waals surface area contributed by atoms with Gasteiger partial charge in [0.05, 0.1) is 19.8 Å². The number of benzene rings is 1. The quantitative estimate of drug-likeness (QED) is 0.805. The van der Waals surface area contributed by atoms with Gasteiger partial charge in [0.1, 0.15) is 17.7 Å². The molecule has 1 saturated heterocycles. The topological polar surface area (TPSA) is 35.5 Å². The second-order valence-electron chi connectivity index (χ2n) is 3.81. The van der Waals surface area contributed by atoms with Gasteiger partial charge in [-0.1, -0.05) is 0 Å². The summed E-state index contributed by atoms with van der Waals surface area (Å²) >= 11 is 0. The third-order valence-corrected chi connectivity index (χ3v) is 2.55. The molecular formula is C12H12F2O3. The van der Waals surface area contributed by atoms with E-state index >= 15 is 0 Å². The first-order chi connectivity index (χ1) is 8.16. The summed E-state index contributed by atoms with van der Waals surface area (Å²) in [7, 11) is 0. The van der Waals surface area contributed by atoms with E-state index in [-0.39, 0.29) is 24.4 Å². The molecule has 17 heavy (non-hydrogen) atoms. The van der Waals surface area contributed by atoms with E-state index in [0.717, 1.165) is 18.2 Å². The second-order valence-corrected chi connectivity index (χ2v) is 3.81. The van der Waals surface area contributed by atoms with Gasteiger partial charge >= 0.3 is 0 Å². The maximum Gasteiger partial charge on any atom is 0.168 e. The summed E-state index contributed by atoms with van der Waals surface area (Å²) in [6, 6.07) is 3.05. The van der Waals surface area contributed by atoms with Crippen molar-refractivity contribution in [3.8, 4) is 0 Å². The van der Waals surface area contributed by atoms with Crippen LogP contribution in [0.1, 0.15) is 5.56 Å². The number of ether oxygens (including phenoxy) is 2. The highest BCUT2D eigenvalue weighted by atomic mass is 19.1. The smallest absolute Gasteiger partial charge is 0.168 e. The first-order valence-electron chi connectivity index (χ1n) is 5.33. The molecule has 0 aliphatic carbocycles. The molecule has 1 aliphatic heterocycles. The molecule has 0 spiro atoms. The lowest BCUT2D eigenvalue weighted by molar-refractivity contribution is -0.144. The second kappa shape index (κ2) is 5.33. The summed E-state index contributed by atoms with van der Waals surface area (Å²) < 4.78 is 36.5. The standard InChI is InChI=1S/C12H12F2O3/c13-9-1-2-10(14)8(5-9)6-11(15)12-7-16-3-4-17-12/h1-2,5,12H,3-4,6-7H2. The minimum absolute atomic E-state index is 0.0455. The van der Waals surface area contributed by atoms with Crippen molar-refractivity contribution in [3.05, 3.63) is 35.4 Å². The van der Waals surface area contributed by atoms with E-state index in [0.29, 0.717) is 13.2 Å². The molecule has 1 fully saturated rings. The van der Waals surface area contributed by atoms with E-state index in [1.54, 1.807) is 0 Å². The SMILES string of the molecule is O=C(Cc1cc(F)ccc1F)C1COCCO1. The predicted octanol–water partition coefficient (Wildman–Crippen LogP) is 1.49. The van der Waals surface area contributed by atoms with Crippen molar-refractivity contribution >= 4 is 5.78 Å². The molecule has 92 valence electrons. The highest BCUT2D eigenvalue weighted by molar-refractivity contribution is 5.85. The zero-order valence-electron chi connectivity index (χ0n) is 9.12. The van der Waals surface area contributed by atoms with Gasteiger partial charge in [-0.15, -0.1) is 0 Å². The van der Waals surface area contributed by atoms with Crippen LogP contribution in [0, 0.1) is 11.6 Å². The van der Waals surface area contributed by atoms with E-state index in [9.17, 15) is 13.6 Å². The van der Waals surface area contributed by atoms with E-state index in [1.165, 1.54) is 0 Å². The number of rotatable bonds is 3. The molecule has 0 amide bonds. The number of Topliss-reactive ketones (excluding diaryl/α,β-unsaturated/α-hetero) is 1. The normalized spacial score (nSPS) is 20.2. The molecule has 0 bridgehead atoms. The predicted molar refractivity (Wildman–Crippen MR) is 55.6 cm³/mol. The van der Waals surface area contributed by atoms with Crippen molar-refractivity contribution in [3.63, 3.8) is 0 Å². The fourth-order valence-corrected chi connectivity index (χ4v) is 1.65. The molecule has 2 rings (SSSR count). The molecule has 3 nitrogen and oxygen atoms in total. The number of halogens is 2. The lowest BCUT2D eigenvalue weighted by Crippen LogP contribution is -2.36. The number of carbonyl (C=O) groups is 1. The van der Waals surface area contributed by atoms with Gasteiger partial charge in [-0.05, 0) is 23.8 Å². The third-order valence-electron chi connectivity index (χ3n) is 2.55. The molecule has 5 heteroatoms. The van der Waals surface area contributed by atoms with Crippen LogP contribution in [0.2, 0.25) is 0 Å². The molecule has 1 atom stereocenters. The van der Waals surface area contributed by atoms with Gasteiger partial charge in [0, 0.05) is 6.42 Å². The molecular weight excluding hydrogens is 230 g/mol. The maximum absolute atomic E-state index is 13.3. The summed E-state index contributed by atoms with van der Waals surface area (Å²) in [6.07, 6.45) is -0.858. The van der Waals surface area contributed by atoms with Crippen LogP contribution >= 0.6 is 0 Å². The maximum atomic E-state index is 13.3. The molecule has 1 aliphatic rings. The number of ketones is 1. The Balaban J connectivity index is 2.04. The first kappa shape index (κ1) is 12.1. The van der Waals surface area contributed by atoms with Gasteiger partial charge in [0.2, 0.25) is 0 Å². The van der Waals surface area contributed by atoms with E-state index in [4.69, 9.17) is 9.47 Å². The van der Waals surface area contributed by atoms with Gasteiger partial charge in [0.25, 0.3) is 0 Å². The van der Waals surface area contributed by atoms with Crippen LogP contribution in [0.25, 0.3) is 0 Å². The Bertz CT molecular complexity index is 414. The van der Waals surface area contributed by atoms with Crippen LogP contribution < -0.4 is 0 Å². The average molecular weight is 242 g/mol. The number of hydrogen-bond donors (Lipinski definition) is 0. The van der Waals surface area contributed by atoms with Crippen molar-refractivity contribution in [1.29, 1.82) is 0 Å². The number of hydrogen-bond acceptors (Lipinski definition) is 3. The van der Waals surface area contributed by atoms with Crippen molar-refractivity contribution in [2.45, 2.75) is 12.5 Å². The van der Waals surface area contributed by atoms with E-state index < -0.39 is 17.7 Å². The van der Waals surface area contributed by atoms with Gasteiger partial charge in [-0.2, -0.15) is 0 Å². The van der Waals surface area contributed by atoms with Crippen molar-refractivity contribution in [2.75, 3.05) is 19.8 Å². The summed E-state index contributed by atoms with van der Waals surface area (Å²) in [5.41, 5.74) is 0.0455. The van der Waals surface area contributed by atoms with Gasteiger partial charge < -0.3 is 9.47 Å². The molecule has 1 unspecified atom stereocenters. The summed E-state index contributed by atoms with van der Waals surface area (Å²) in [5, 5.41) is 0. The Kier molecular flexibility index (Phi) is 3.81. The Hall–Kier alpha value is -1.33. The Morgan fingerprint density at radius 2 is 2.18 bits per heavy atom. The van der Waals surface area contributed by atoms with Crippen LogP contribution in [0.4, 0.5) is 8.78 Å². The van der Waals surface area contributed by atoms with Crippen molar-refractivity contribution in [1.82, 2.24) is 0 Å². The highest BCUT2D eigenvalue weighted by Gasteiger charge is 2.23. The van der Waals surface area contributed by atoms with Crippen molar-refractivity contribution < 1.29 is 23.0 Å². The summed E-state index contributed by atoms with van der Waals surface area (Å²) in [5.74, 6) is -1.44. The van der Waals surface area contributed by atoms with E-state index in [2.05, 4.69) is 0 Å². The Labute approximate surface area is 97.3 Å². The van der Waals surface area contributed by atoms with Crippen molar-refractivity contribution in [2.24, 2.45) is 0 Å². The largest absolute Gasteiger partial charge is 0.376 e. The lowest BCUT2D eigenvalue weighted by atomic mass is 10.0. The lowest BCUT2D eigenvalue weighted by Gasteiger charge is -2.21. The van der Waals surface area contributed by atoms with Crippen LogP contribution in [0.5, 0.6) is 0 Å². The summed E-state index contributed by atoms with van der Waals surface area (Å²) in [4.78, 5) is 11.7. The molecule has 0 radical (unpaired) electrons. The minimum Gasteiger partial charge on any atom is -0.376 e. The minimum atomic E-state index is -0.675. The molecule has 1 heterocycles. The Morgan fingerprint density at radius 3 is 2.88 bits per heavy atom. The fourth-order valence-electron chi connectivity index (χ4n) is 1.65. The average Bonchev–Trinajstić information content (AvgIpc) is 2.35. The van der Waals surface area contributed by atoms with E-state index in [1.807, 2.05) is 0 Å². The molecule has 1 aromatic carbocycles. The fraction of sp³-hybridized carbons (Fsp3) is 0.417. The van der Waals surface area contributed by atoms with Crippen LogP contribution in [-0.2, 0) is 20.7 Å². The van der Waals surface area contributed by atoms with Crippen LogP contribution in [-0.4, -0.2) is 31.7 Å². The highest BCUT2D eigenvalue weighted by Crippen LogP contribution is 2.13. The molecule has 0 aromatic heterocycles. The van der Waals surface area contributed by atoms with Crippen LogP contribution in [0.3, 0.4) is 0 Å².